The molecule has 2 aromatic carbocycles. The Hall–Kier alpha value is -2.97. The molecule has 0 aliphatic carbocycles. The van der Waals surface area contributed by atoms with Gasteiger partial charge in [-0.1, -0.05) is 35.6 Å². The van der Waals surface area contributed by atoms with E-state index in [-0.39, 0.29) is 5.56 Å². The molecule has 0 amide bonds. The third-order valence-corrected chi connectivity index (χ3v) is 5.68. The SMILES string of the molecule is CSc1ccc(C=c2sc3nc(-c4ccccc4OC(C)=O)nn3c2=O)cc1. The lowest BCUT2D eigenvalue weighted by atomic mass is 10.2. The Kier molecular flexibility index (Phi) is 4.97. The summed E-state index contributed by atoms with van der Waals surface area (Å²) in [4.78, 5) is 30.1. The number of thiazole rings is 1. The van der Waals surface area contributed by atoms with E-state index in [1.165, 1.54) is 27.7 Å². The lowest BCUT2D eigenvalue weighted by molar-refractivity contribution is -0.131. The Labute approximate surface area is 168 Å². The highest BCUT2D eigenvalue weighted by molar-refractivity contribution is 7.98. The molecule has 4 aromatic rings. The van der Waals surface area contributed by atoms with Gasteiger partial charge >= 0.3 is 5.97 Å². The maximum Gasteiger partial charge on any atom is 0.308 e. The lowest BCUT2D eigenvalue weighted by Gasteiger charge is -2.04. The largest absolute Gasteiger partial charge is 0.426 e. The number of thioether (sulfide) groups is 1. The zero-order chi connectivity index (χ0) is 19.7. The Morgan fingerprint density at radius 1 is 1.18 bits per heavy atom. The monoisotopic (exact) mass is 409 g/mol. The van der Waals surface area contributed by atoms with Crippen molar-refractivity contribution in [3.8, 4) is 17.1 Å². The first kappa shape index (κ1) is 18.4. The van der Waals surface area contributed by atoms with E-state index in [0.29, 0.717) is 26.6 Å². The number of carbonyl (C=O) groups excluding carboxylic acids is 1. The molecule has 0 N–H and O–H groups in total. The summed E-state index contributed by atoms with van der Waals surface area (Å²) in [6.45, 7) is 1.33. The zero-order valence-corrected chi connectivity index (χ0v) is 16.7. The molecule has 2 heterocycles. The second-order valence-corrected chi connectivity index (χ2v) is 7.80. The molecule has 2 aromatic heterocycles. The number of aromatic nitrogens is 3. The molecule has 0 radical (unpaired) electrons. The maximum atomic E-state index is 12.7. The van der Waals surface area contributed by atoms with Crippen LogP contribution in [0.2, 0.25) is 0 Å². The number of rotatable bonds is 4. The van der Waals surface area contributed by atoms with Crippen molar-refractivity contribution in [1.82, 2.24) is 14.6 Å². The van der Waals surface area contributed by atoms with Gasteiger partial charge in [-0.3, -0.25) is 9.59 Å². The Morgan fingerprint density at radius 2 is 1.93 bits per heavy atom. The van der Waals surface area contributed by atoms with Crippen LogP contribution in [-0.4, -0.2) is 26.8 Å². The zero-order valence-electron chi connectivity index (χ0n) is 15.1. The van der Waals surface area contributed by atoms with Gasteiger partial charge in [0, 0.05) is 11.8 Å². The van der Waals surface area contributed by atoms with Crippen LogP contribution >= 0.6 is 23.1 Å². The molecule has 0 fully saturated rings. The summed E-state index contributed by atoms with van der Waals surface area (Å²) in [5, 5.41) is 4.33. The lowest BCUT2D eigenvalue weighted by Crippen LogP contribution is -2.23. The second kappa shape index (κ2) is 7.57. The molecular weight excluding hydrogens is 394 g/mol. The van der Waals surface area contributed by atoms with Gasteiger partial charge in [0.1, 0.15) is 5.75 Å². The van der Waals surface area contributed by atoms with Gasteiger partial charge in [-0.15, -0.1) is 16.9 Å². The second-order valence-electron chi connectivity index (χ2n) is 5.91. The van der Waals surface area contributed by atoms with Crippen LogP contribution in [-0.2, 0) is 4.79 Å². The summed E-state index contributed by atoms with van der Waals surface area (Å²) in [5.41, 5.74) is 1.28. The number of esters is 1. The molecule has 0 spiro atoms. The van der Waals surface area contributed by atoms with Crippen LogP contribution in [0.1, 0.15) is 12.5 Å². The minimum Gasteiger partial charge on any atom is -0.426 e. The average Bonchev–Trinajstić information content (AvgIpc) is 3.22. The van der Waals surface area contributed by atoms with E-state index in [1.807, 2.05) is 36.6 Å². The number of ether oxygens (including phenoxy) is 1. The summed E-state index contributed by atoms with van der Waals surface area (Å²) in [5.74, 6) is 0.278. The number of nitrogens with zero attached hydrogens (tertiary/aromatic N) is 3. The molecule has 0 saturated carbocycles. The molecule has 140 valence electrons. The van der Waals surface area contributed by atoms with E-state index in [0.717, 1.165) is 5.56 Å². The van der Waals surface area contributed by atoms with Crippen molar-refractivity contribution in [3.63, 3.8) is 0 Å². The van der Waals surface area contributed by atoms with Crippen molar-refractivity contribution < 1.29 is 9.53 Å². The standard InChI is InChI=1S/C20H15N3O3S2/c1-12(24)26-16-6-4-3-5-15(16)18-21-20-23(22-18)19(25)17(28-20)11-13-7-9-14(27-2)10-8-13/h3-11H,1-2H3. The van der Waals surface area contributed by atoms with E-state index >= 15 is 0 Å². The van der Waals surface area contributed by atoms with Crippen molar-refractivity contribution in [3.05, 3.63) is 69.0 Å². The molecule has 0 aliphatic rings. The minimum absolute atomic E-state index is 0.224. The van der Waals surface area contributed by atoms with Gasteiger partial charge in [0.2, 0.25) is 4.96 Å². The van der Waals surface area contributed by atoms with Gasteiger partial charge in [-0.2, -0.15) is 9.50 Å². The van der Waals surface area contributed by atoms with Crippen LogP contribution in [0.15, 0.2) is 58.2 Å². The van der Waals surface area contributed by atoms with Crippen LogP contribution < -0.4 is 14.8 Å². The van der Waals surface area contributed by atoms with E-state index in [9.17, 15) is 9.59 Å². The van der Waals surface area contributed by atoms with E-state index in [1.54, 1.807) is 36.0 Å². The average molecular weight is 409 g/mol. The summed E-state index contributed by atoms with van der Waals surface area (Å²) in [7, 11) is 0. The number of para-hydroxylation sites is 1. The smallest absolute Gasteiger partial charge is 0.308 e. The highest BCUT2D eigenvalue weighted by Crippen LogP contribution is 2.27. The van der Waals surface area contributed by atoms with Crippen molar-refractivity contribution in [2.75, 3.05) is 6.26 Å². The molecule has 0 aliphatic heterocycles. The number of hydrogen-bond donors (Lipinski definition) is 0. The summed E-state index contributed by atoms with van der Waals surface area (Å²) in [6, 6.07) is 15.0. The normalized spacial score (nSPS) is 11.9. The number of hydrogen-bond acceptors (Lipinski definition) is 7. The molecule has 6 nitrogen and oxygen atoms in total. The van der Waals surface area contributed by atoms with Gasteiger partial charge < -0.3 is 4.74 Å². The predicted octanol–water partition coefficient (Wildman–Crippen LogP) is 3.01. The minimum atomic E-state index is -0.428. The molecule has 0 unspecified atom stereocenters. The summed E-state index contributed by atoms with van der Waals surface area (Å²) in [6.07, 6.45) is 3.85. The Bertz CT molecular complexity index is 1280. The molecule has 0 saturated heterocycles. The number of carbonyl (C=O) groups is 1. The first-order valence-corrected chi connectivity index (χ1v) is 10.4. The summed E-state index contributed by atoms with van der Waals surface area (Å²) >= 11 is 2.94. The molecular formula is C20H15N3O3S2. The van der Waals surface area contributed by atoms with Gasteiger partial charge in [-0.05, 0) is 42.2 Å². The van der Waals surface area contributed by atoms with Crippen LogP contribution in [0.3, 0.4) is 0 Å². The first-order valence-electron chi connectivity index (χ1n) is 8.38. The van der Waals surface area contributed by atoms with E-state index in [4.69, 9.17) is 4.74 Å². The fourth-order valence-corrected chi connectivity index (χ4v) is 4.01. The van der Waals surface area contributed by atoms with Gasteiger partial charge in [0.15, 0.2) is 5.82 Å². The van der Waals surface area contributed by atoms with Gasteiger partial charge in [-0.25, -0.2) is 0 Å². The maximum absolute atomic E-state index is 12.7. The third-order valence-electron chi connectivity index (χ3n) is 3.98. The van der Waals surface area contributed by atoms with Gasteiger partial charge in [0.25, 0.3) is 5.56 Å². The van der Waals surface area contributed by atoms with Crippen molar-refractivity contribution >= 4 is 40.1 Å². The van der Waals surface area contributed by atoms with Gasteiger partial charge in [0.05, 0.1) is 10.1 Å². The first-order chi connectivity index (χ1) is 13.5. The number of benzene rings is 2. The third kappa shape index (κ3) is 3.56. The molecule has 0 bridgehead atoms. The van der Waals surface area contributed by atoms with Crippen molar-refractivity contribution in [2.24, 2.45) is 0 Å². The topological polar surface area (TPSA) is 73.6 Å². The Balaban J connectivity index is 1.76. The van der Waals surface area contributed by atoms with E-state index < -0.39 is 5.97 Å². The molecule has 28 heavy (non-hydrogen) atoms. The fourth-order valence-electron chi connectivity index (χ4n) is 2.69. The van der Waals surface area contributed by atoms with Crippen LogP contribution in [0, 0.1) is 0 Å². The summed E-state index contributed by atoms with van der Waals surface area (Å²) < 4.78 is 7.06. The molecule has 4 rings (SSSR count). The predicted molar refractivity (Wildman–Crippen MR) is 111 cm³/mol. The molecule has 0 atom stereocenters. The van der Waals surface area contributed by atoms with Crippen LogP contribution in [0.25, 0.3) is 22.4 Å². The van der Waals surface area contributed by atoms with Crippen LogP contribution in [0.5, 0.6) is 5.75 Å². The highest BCUT2D eigenvalue weighted by Gasteiger charge is 2.16. The quantitative estimate of drug-likeness (QED) is 0.293. The number of fused-ring (bicyclic) bond motifs is 1. The van der Waals surface area contributed by atoms with Crippen molar-refractivity contribution in [2.45, 2.75) is 11.8 Å². The van der Waals surface area contributed by atoms with Crippen molar-refractivity contribution in [1.29, 1.82) is 0 Å². The van der Waals surface area contributed by atoms with E-state index in [2.05, 4.69) is 10.1 Å². The van der Waals surface area contributed by atoms with Crippen LogP contribution in [0.4, 0.5) is 0 Å². The molecule has 8 heteroatoms. The Morgan fingerprint density at radius 3 is 2.61 bits per heavy atom. The highest BCUT2D eigenvalue weighted by atomic mass is 32.2. The fraction of sp³-hybridized carbons (Fsp3) is 0.100.